The number of ether oxygens (including phenoxy) is 3. The number of hydrogen-bond acceptors (Lipinski definition) is 9. The number of hydrogen-bond donors (Lipinski definition) is 0. The smallest absolute Gasteiger partial charge is 0.254 e. The van der Waals surface area contributed by atoms with Crippen LogP contribution in [0, 0.1) is 0 Å². The van der Waals surface area contributed by atoms with E-state index in [1.54, 1.807) is 33.5 Å². The molecule has 0 unspecified atom stereocenters. The minimum absolute atomic E-state index is 0.0644. The highest BCUT2D eigenvalue weighted by Crippen LogP contribution is 2.38. The van der Waals surface area contributed by atoms with Gasteiger partial charge in [0.15, 0.2) is 23.1 Å². The average Bonchev–Trinajstić information content (AvgIpc) is 2.88. The molecule has 2 aliphatic rings. The molecule has 1 aromatic heterocycles. The standard InChI is InChI=1S/C23H32N6O4/c1-26-7-9-27(10-8-26)20-5-6-21(25-24-20)28-11-13-29(14-12-28)23(30)17-15-18(31-2)22(33-4)19(16-17)32-3/h5-6,15-16H,7-14H2,1-4H3. The number of benzene rings is 1. The van der Waals surface area contributed by atoms with Crippen LogP contribution in [-0.4, -0.2) is 107 Å². The van der Waals surface area contributed by atoms with E-state index in [0.717, 1.165) is 37.8 Å². The van der Waals surface area contributed by atoms with Crippen LogP contribution in [0.5, 0.6) is 17.2 Å². The van der Waals surface area contributed by atoms with Gasteiger partial charge in [-0.3, -0.25) is 4.79 Å². The van der Waals surface area contributed by atoms with Crippen LogP contribution in [0.4, 0.5) is 11.6 Å². The molecule has 10 heteroatoms. The summed E-state index contributed by atoms with van der Waals surface area (Å²) >= 11 is 0. The van der Waals surface area contributed by atoms with E-state index in [4.69, 9.17) is 14.2 Å². The van der Waals surface area contributed by atoms with Gasteiger partial charge < -0.3 is 33.8 Å². The number of rotatable bonds is 6. The number of anilines is 2. The van der Waals surface area contributed by atoms with Gasteiger partial charge in [-0.1, -0.05) is 0 Å². The van der Waals surface area contributed by atoms with Crippen molar-refractivity contribution in [1.82, 2.24) is 20.0 Å². The molecule has 3 heterocycles. The first kappa shape index (κ1) is 22.9. The summed E-state index contributed by atoms with van der Waals surface area (Å²) in [4.78, 5) is 21.7. The molecule has 1 aromatic carbocycles. The predicted octanol–water partition coefficient (Wildman–Crippen LogP) is 1.22. The molecule has 0 N–H and O–H groups in total. The number of aromatic nitrogens is 2. The third-order valence-corrected chi connectivity index (χ3v) is 6.27. The summed E-state index contributed by atoms with van der Waals surface area (Å²) in [5, 5.41) is 8.91. The molecule has 2 saturated heterocycles. The van der Waals surface area contributed by atoms with Gasteiger partial charge in [-0.2, -0.15) is 0 Å². The molecular formula is C23H32N6O4. The minimum atomic E-state index is -0.0644. The summed E-state index contributed by atoms with van der Waals surface area (Å²) in [7, 11) is 6.76. The van der Waals surface area contributed by atoms with Crippen molar-refractivity contribution in [2.24, 2.45) is 0 Å². The Morgan fingerprint density at radius 3 is 1.67 bits per heavy atom. The van der Waals surface area contributed by atoms with Crippen molar-refractivity contribution in [3.8, 4) is 17.2 Å². The van der Waals surface area contributed by atoms with Gasteiger partial charge in [0.2, 0.25) is 5.75 Å². The van der Waals surface area contributed by atoms with Gasteiger partial charge in [-0.25, -0.2) is 0 Å². The zero-order valence-corrected chi connectivity index (χ0v) is 19.8. The van der Waals surface area contributed by atoms with Crippen molar-refractivity contribution in [1.29, 1.82) is 0 Å². The van der Waals surface area contributed by atoms with Gasteiger partial charge in [-0.15, -0.1) is 10.2 Å². The van der Waals surface area contributed by atoms with E-state index in [9.17, 15) is 4.79 Å². The molecule has 10 nitrogen and oxygen atoms in total. The van der Waals surface area contributed by atoms with Crippen molar-refractivity contribution < 1.29 is 19.0 Å². The second kappa shape index (κ2) is 10.1. The molecule has 0 saturated carbocycles. The van der Waals surface area contributed by atoms with E-state index in [1.807, 2.05) is 17.0 Å². The number of methoxy groups -OCH3 is 3. The van der Waals surface area contributed by atoms with Gasteiger partial charge in [-0.05, 0) is 31.3 Å². The fourth-order valence-corrected chi connectivity index (χ4v) is 4.22. The van der Waals surface area contributed by atoms with Crippen molar-refractivity contribution in [3.63, 3.8) is 0 Å². The number of nitrogens with zero attached hydrogens (tertiary/aromatic N) is 6. The highest BCUT2D eigenvalue weighted by Gasteiger charge is 2.26. The quantitative estimate of drug-likeness (QED) is 0.637. The Bertz CT molecular complexity index is 929. The summed E-state index contributed by atoms with van der Waals surface area (Å²) in [5.74, 6) is 3.10. The predicted molar refractivity (Wildman–Crippen MR) is 126 cm³/mol. The first-order valence-corrected chi connectivity index (χ1v) is 11.2. The number of piperazine rings is 2. The van der Waals surface area contributed by atoms with Crippen molar-refractivity contribution >= 4 is 17.5 Å². The van der Waals surface area contributed by atoms with E-state index in [1.165, 1.54) is 0 Å². The van der Waals surface area contributed by atoms with Crippen LogP contribution in [-0.2, 0) is 0 Å². The molecule has 0 spiro atoms. The van der Waals surface area contributed by atoms with E-state index >= 15 is 0 Å². The lowest BCUT2D eigenvalue weighted by atomic mass is 10.1. The third kappa shape index (κ3) is 4.90. The Kier molecular flexibility index (Phi) is 7.02. The molecule has 0 bridgehead atoms. The molecule has 178 valence electrons. The Hall–Kier alpha value is -3.27. The fourth-order valence-electron chi connectivity index (χ4n) is 4.22. The summed E-state index contributed by atoms with van der Waals surface area (Å²) < 4.78 is 16.1. The van der Waals surface area contributed by atoms with Crippen molar-refractivity contribution in [2.45, 2.75) is 0 Å². The summed E-state index contributed by atoms with van der Waals surface area (Å²) in [5.41, 5.74) is 0.509. The fraction of sp³-hybridized carbons (Fsp3) is 0.522. The van der Waals surface area contributed by atoms with Crippen LogP contribution in [0.3, 0.4) is 0 Å². The second-order valence-corrected chi connectivity index (χ2v) is 8.23. The van der Waals surface area contributed by atoms with E-state index < -0.39 is 0 Å². The number of carbonyl (C=O) groups is 1. The Morgan fingerprint density at radius 2 is 1.24 bits per heavy atom. The largest absolute Gasteiger partial charge is 0.493 e. The monoisotopic (exact) mass is 456 g/mol. The lowest BCUT2D eigenvalue weighted by Gasteiger charge is -2.36. The topological polar surface area (TPSA) is 83.5 Å². The van der Waals surface area contributed by atoms with Crippen LogP contribution in [0.2, 0.25) is 0 Å². The van der Waals surface area contributed by atoms with Gasteiger partial charge in [0.25, 0.3) is 5.91 Å². The Morgan fingerprint density at radius 1 is 0.758 bits per heavy atom. The van der Waals surface area contributed by atoms with E-state index in [0.29, 0.717) is 49.0 Å². The maximum Gasteiger partial charge on any atom is 0.254 e. The van der Waals surface area contributed by atoms with Crippen LogP contribution in [0.25, 0.3) is 0 Å². The minimum Gasteiger partial charge on any atom is -0.493 e. The van der Waals surface area contributed by atoms with E-state index in [-0.39, 0.29) is 5.91 Å². The number of carbonyl (C=O) groups excluding carboxylic acids is 1. The Balaban J connectivity index is 1.38. The van der Waals surface area contributed by atoms with Gasteiger partial charge in [0.1, 0.15) is 0 Å². The molecule has 2 aromatic rings. The molecule has 0 atom stereocenters. The molecule has 2 fully saturated rings. The highest BCUT2D eigenvalue weighted by molar-refractivity contribution is 5.95. The summed E-state index contributed by atoms with van der Waals surface area (Å²) in [6.45, 7) is 6.57. The molecule has 1 amide bonds. The number of likely N-dealkylation sites (N-methyl/N-ethyl adjacent to an activating group) is 1. The molecule has 0 radical (unpaired) electrons. The van der Waals surface area contributed by atoms with Crippen molar-refractivity contribution in [2.75, 3.05) is 90.5 Å². The average molecular weight is 457 g/mol. The Labute approximate surface area is 194 Å². The molecule has 0 aliphatic carbocycles. The summed E-state index contributed by atoms with van der Waals surface area (Å²) in [6.07, 6.45) is 0. The first-order chi connectivity index (χ1) is 16.0. The third-order valence-electron chi connectivity index (χ3n) is 6.27. The number of amides is 1. The zero-order valence-electron chi connectivity index (χ0n) is 19.8. The van der Waals surface area contributed by atoms with Crippen molar-refractivity contribution in [3.05, 3.63) is 29.8 Å². The SMILES string of the molecule is COc1cc(C(=O)N2CCN(c3ccc(N4CCN(C)CC4)nn3)CC2)cc(OC)c1OC. The molecule has 33 heavy (non-hydrogen) atoms. The van der Waals surface area contributed by atoms with Gasteiger partial charge in [0.05, 0.1) is 21.3 Å². The normalized spacial score (nSPS) is 17.2. The highest BCUT2D eigenvalue weighted by atomic mass is 16.5. The maximum atomic E-state index is 13.1. The molecule has 2 aliphatic heterocycles. The lowest BCUT2D eigenvalue weighted by molar-refractivity contribution is 0.0745. The van der Waals surface area contributed by atoms with E-state index in [2.05, 4.69) is 31.9 Å². The van der Waals surface area contributed by atoms with Crippen LogP contribution < -0.4 is 24.0 Å². The molecular weight excluding hydrogens is 424 g/mol. The first-order valence-electron chi connectivity index (χ1n) is 11.2. The van der Waals surface area contributed by atoms with Gasteiger partial charge in [0, 0.05) is 57.9 Å². The van der Waals surface area contributed by atoms with Gasteiger partial charge >= 0.3 is 0 Å². The van der Waals surface area contributed by atoms with Crippen LogP contribution in [0.1, 0.15) is 10.4 Å². The maximum absolute atomic E-state index is 13.1. The zero-order chi connectivity index (χ0) is 23.4. The molecule has 4 rings (SSSR count). The lowest BCUT2D eigenvalue weighted by Crippen LogP contribution is -2.49. The van der Waals surface area contributed by atoms with Crippen LogP contribution >= 0.6 is 0 Å². The second-order valence-electron chi connectivity index (χ2n) is 8.23. The summed E-state index contributed by atoms with van der Waals surface area (Å²) in [6, 6.07) is 7.45. The van der Waals surface area contributed by atoms with Crippen LogP contribution in [0.15, 0.2) is 24.3 Å².